The second-order valence-electron chi connectivity index (χ2n) is 5.24. The molecule has 0 heterocycles. The van der Waals surface area contributed by atoms with Crippen molar-refractivity contribution < 1.29 is 33.3 Å². The molecule has 138 valence electrons. The van der Waals surface area contributed by atoms with Gasteiger partial charge in [-0.05, 0) is 0 Å². The summed E-state index contributed by atoms with van der Waals surface area (Å²) in [5.41, 5.74) is 0. The topological polar surface area (TPSA) is 80.3 Å². The molecule has 7 nitrogen and oxygen atoms in total. The molecule has 0 aromatic heterocycles. The smallest absolute Gasteiger partial charge is 0.308 e. The molecule has 0 saturated heterocycles. The number of esters is 2. The summed E-state index contributed by atoms with van der Waals surface area (Å²) in [5.74, 6) is -0.469. The quantitative estimate of drug-likeness (QED) is 0.419. The average Bonchev–Trinajstić information content (AvgIpc) is 2.51. The van der Waals surface area contributed by atoms with E-state index in [-0.39, 0.29) is 23.8 Å². The minimum absolute atomic E-state index is 0.0446. The van der Waals surface area contributed by atoms with Gasteiger partial charge >= 0.3 is 11.9 Å². The van der Waals surface area contributed by atoms with Gasteiger partial charge in [-0.15, -0.1) is 0 Å². The predicted molar refractivity (Wildman–Crippen MR) is 86.2 cm³/mol. The van der Waals surface area contributed by atoms with E-state index in [0.29, 0.717) is 39.6 Å². The SMILES string of the molecule is COCCOC(=O)C(C)C.COCCOCCOC(=O)C(C)C. The van der Waals surface area contributed by atoms with Gasteiger partial charge in [0.05, 0.1) is 38.3 Å². The molecule has 0 aliphatic rings. The van der Waals surface area contributed by atoms with E-state index in [2.05, 4.69) is 0 Å². The van der Waals surface area contributed by atoms with Gasteiger partial charge in [0.1, 0.15) is 13.2 Å². The van der Waals surface area contributed by atoms with Crippen LogP contribution in [0.3, 0.4) is 0 Å². The lowest BCUT2D eigenvalue weighted by Gasteiger charge is -2.07. The molecule has 7 heteroatoms. The summed E-state index contributed by atoms with van der Waals surface area (Å²) in [6.45, 7) is 9.88. The molecule has 0 aliphatic carbocycles. The highest BCUT2D eigenvalue weighted by Gasteiger charge is 2.07. The molecule has 0 radical (unpaired) electrons. The largest absolute Gasteiger partial charge is 0.463 e. The van der Waals surface area contributed by atoms with Gasteiger partial charge in [0.25, 0.3) is 0 Å². The Morgan fingerprint density at radius 1 is 0.652 bits per heavy atom. The van der Waals surface area contributed by atoms with Crippen LogP contribution in [0, 0.1) is 11.8 Å². The first-order valence-electron chi connectivity index (χ1n) is 7.75. The van der Waals surface area contributed by atoms with Gasteiger partial charge in [-0.2, -0.15) is 0 Å². The van der Waals surface area contributed by atoms with E-state index < -0.39 is 0 Å². The number of rotatable bonds is 11. The summed E-state index contributed by atoms with van der Waals surface area (Å²) < 4.78 is 24.2. The molecule has 0 N–H and O–H groups in total. The minimum Gasteiger partial charge on any atom is -0.463 e. The lowest BCUT2D eigenvalue weighted by atomic mass is 10.2. The van der Waals surface area contributed by atoms with Crippen LogP contribution in [-0.2, 0) is 33.3 Å². The number of hydrogen-bond acceptors (Lipinski definition) is 7. The van der Waals surface area contributed by atoms with Crippen molar-refractivity contribution in [3.05, 3.63) is 0 Å². The van der Waals surface area contributed by atoms with Crippen molar-refractivity contribution in [2.45, 2.75) is 27.7 Å². The molecule has 0 bridgehead atoms. The molecule has 0 fully saturated rings. The van der Waals surface area contributed by atoms with E-state index in [1.54, 1.807) is 41.9 Å². The van der Waals surface area contributed by atoms with Crippen molar-refractivity contribution in [3.8, 4) is 0 Å². The fourth-order valence-electron chi connectivity index (χ4n) is 1.00. The van der Waals surface area contributed by atoms with Crippen molar-refractivity contribution >= 4 is 11.9 Å². The van der Waals surface area contributed by atoms with E-state index in [4.69, 9.17) is 23.7 Å². The summed E-state index contributed by atoms with van der Waals surface area (Å²) in [6.07, 6.45) is 0. The van der Waals surface area contributed by atoms with Gasteiger partial charge in [0, 0.05) is 14.2 Å². The summed E-state index contributed by atoms with van der Waals surface area (Å²) in [7, 11) is 3.19. The van der Waals surface area contributed by atoms with Gasteiger partial charge in [-0.25, -0.2) is 0 Å². The van der Waals surface area contributed by atoms with E-state index in [1.165, 1.54) is 0 Å². The van der Waals surface area contributed by atoms with Crippen LogP contribution in [0.5, 0.6) is 0 Å². The molecule has 23 heavy (non-hydrogen) atoms. The highest BCUT2D eigenvalue weighted by atomic mass is 16.6. The highest BCUT2D eigenvalue weighted by Crippen LogP contribution is 1.95. The molecule has 0 aromatic rings. The molecule has 0 amide bonds. The predicted octanol–water partition coefficient (Wildman–Crippen LogP) is 1.68. The van der Waals surface area contributed by atoms with Crippen molar-refractivity contribution in [1.82, 2.24) is 0 Å². The Kier molecular flexibility index (Phi) is 18.0. The molecular weight excluding hydrogens is 304 g/mol. The second-order valence-corrected chi connectivity index (χ2v) is 5.24. The first kappa shape index (κ1) is 24.1. The Morgan fingerprint density at radius 2 is 1.00 bits per heavy atom. The van der Waals surface area contributed by atoms with Crippen LogP contribution in [-0.4, -0.2) is 65.8 Å². The maximum Gasteiger partial charge on any atom is 0.308 e. The summed E-state index contributed by atoms with van der Waals surface area (Å²) in [6, 6.07) is 0. The minimum atomic E-state index is -0.185. The van der Waals surface area contributed by atoms with Crippen LogP contribution < -0.4 is 0 Å². The fourth-order valence-corrected chi connectivity index (χ4v) is 1.00. The van der Waals surface area contributed by atoms with Crippen molar-refractivity contribution in [2.75, 3.05) is 53.9 Å². The Morgan fingerprint density at radius 3 is 1.39 bits per heavy atom. The van der Waals surface area contributed by atoms with E-state index >= 15 is 0 Å². The molecule has 0 aliphatic heterocycles. The van der Waals surface area contributed by atoms with Crippen LogP contribution in [0.2, 0.25) is 0 Å². The molecule has 0 atom stereocenters. The zero-order valence-corrected chi connectivity index (χ0v) is 15.3. The lowest BCUT2D eigenvalue weighted by molar-refractivity contribution is -0.149. The molecular formula is C16H32O7. The van der Waals surface area contributed by atoms with E-state index in [9.17, 15) is 9.59 Å². The van der Waals surface area contributed by atoms with Gasteiger partial charge < -0.3 is 23.7 Å². The third-order valence-corrected chi connectivity index (χ3v) is 2.38. The Bertz CT molecular complexity index is 290. The van der Waals surface area contributed by atoms with Crippen LogP contribution in [0.1, 0.15) is 27.7 Å². The molecule has 0 saturated carbocycles. The maximum atomic E-state index is 10.9. The number of carbonyl (C=O) groups excluding carboxylic acids is 2. The zero-order chi connectivity index (χ0) is 18.1. The second kappa shape index (κ2) is 17.2. The highest BCUT2D eigenvalue weighted by molar-refractivity contribution is 5.71. The first-order chi connectivity index (χ1) is 10.9. The normalized spacial score (nSPS) is 10.3. The van der Waals surface area contributed by atoms with Crippen LogP contribution in [0.4, 0.5) is 0 Å². The van der Waals surface area contributed by atoms with Crippen LogP contribution in [0.15, 0.2) is 0 Å². The Labute approximate surface area is 139 Å². The first-order valence-corrected chi connectivity index (χ1v) is 7.75. The third kappa shape index (κ3) is 18.8. The monoisotopic (exact) mass is 336 g/mol. The molecule has 0 spiro atoms. The maximum absolute atomic E-state index is 10.9. The van der Waals surface area contributed by atoms with Gasteiger partial charge in [-0.3, -0.25) is 9.59 Å². The van der Waals surface area contributed by atoms with Crippen molar-refractivity contribution in [1.29, 1.82) is 0 Å². The number of methoxy groups -OCH3 is 2. The van der Waals surface area contributed by atoms with Crippen LogP contribution in [0.25, 0.3) is 0 Å². The van der Waals surface area contributed by atoms with Crippen molar-refractivity contribution in [3.63, 3.8) is 0 Å². The summed E-state index contributed by atoms with van der Waals surface area (Å²) >= 11 is 0. The Balaban J connectivity index is 0. The number of ether oxygens (including phenoxy) is 5. The zero-order valence-electron chi connectivity index (χ0n) is 15.3. The average molecular weight is 336 g/mol. The van der Waals surface area contributed by atoms with E-state index in [1.807, 2.05) is 0 Å². The Hall–Kier alpha value is -1.18. The third-order valence-electron chi connectivity index (χ3n) is 2.38. The number of hydrogen-bond donors (Lipinski definition) is 0. The number of carbonyl (C=O) groups is 2. The molecule has 0 aromatic carbocycles. The standard InChI is InChI=1S/C9H18O4.C7H14O3/c1-8(2)9(10)13-7-6-12-5-4-11-3;1-6(2)7(8)10-5-4-9-3/h8H,4-7H2,1-3H3;6H,4-5H2,1-3H3. The van der Waals surface area contributed by atoms with Gasteiger partial charge in [0.2, 0.25) is 0 Å². The van der Waals surface area contributed by atoms with Gasteiger partial charge in [-0.1, -0.05) is 27.7 Å². The van der Waals surface area contributed by atoms with E-state index in [0.717, 1.165) is 0 Å². The van der Waals surface area contributed by atoms with Crippen molar-refractivity contribution in [2.24, 2.45) is 11.8 Å². The summed E-state index contributed by atoms with van der Waals surface area (Å²) in [5, 5.41) is 0. The summed E-state index contributed by atoms with van der Waals surface area (Å²) in [4.78, 5) is 21.7. The molecule has 0 rings (SSSR count). The molecule has 0 unspecified atom stereocenters. The van der Waals surface area contributed by atoms with Gasteiger partial charge in [0.15, 0.2) is 0 Å². The lowest BCUT2D eigenvalue weighted by Crippen LogP contribution is -2.16. The van der Waals surface area contributed by atoms with Crippen LogP contribution >= 0.6 is 0 Å². The fraction of sp³-hybridized carbons (Fsp3) is 0.875.